The summed E-state index contributed by atoms with van der Waals surface area (Å²) in [5.74, 6) is 0. The molecule has 6 heteroatoms. The Labute approximate surface area is 156 Å². The topological polar surface area (TPSA) is 47.6 Å². The molecule has 0 amide bonds. The van der Waals surface area contributed by atoms with E-state index < -0.39 is 0 Å². The third-order valence-corrected chi connectivity index (χ3v) is 0.894. The van der Waals surface area contributed by atoms with Crippen molar-refractivity contribution in [3.63, 3.8) is 0 Å². The van der Waals surface area contributed by atoms with E-state index in [1.165, 1.54) is 0 Å². The number of thiol groups is 2. The molecule has 0 fully saturated rings. The zero-order valence-electron chi connectivity index (χ0n) is 3.79. The molecule has 0 aromatic heterocycles. The first-order valence-corrected chi connectivity index (χ1v) is 2.54. The third-order valence-electron chi connectivity index (χ3n) is 0.447. The van der Waals surface area contributed by atoms with Crippen LogP contribution in [0.4, 0.5) is 0 Å². The quantitative estimate of drug-likeness (QED) is 0.339. The molecule has 10 heavy (non-hydrogen) atoms. The zero-order chi connectivity index (χ0) is 6.57. The molecule has 0 bridgehead atoms. The predicted octanol–water partition coefficient (Wildman–Crippen LogP) is -0.192. The van der Waals surface area contributed by atoms with Crippen molar-refractivity contribution in [1.29, 1.82) is 10.5 Å². The van der Waals surface area contributed by atoms with Gasteiger partial charge in [-0.25, -0.2) is 0 Å². The number of rotatable bonds is 0. The molecule has 0 heterocycles. The summed E-state index contributed by atoms with van der Waals surface area (Å²) in [5.41, 5.74) is -0.0586. The molecule has 0 unspecified atom stereocenters. The summed E-state index contributed by atoms with van der Waals surface area (Å²) in [7, 11) is 0. The minimum atomic E-state index is -0.0586. The summed E-state index contributed by atoms with van der Waals surface area (Å²) < 4.78 is 0.162. The molecule has 0 N–H and O–H groups in total. The van der Waals surface area contributed by atoms with E-state index in [4.69, 9.17) is 10.5 Å². The van der Waals surface area contributed by atoms with Crippen LogP contribution < -0.4 is 0 Å². The van der Waals surface area contributed by atoms with Gasteiger partial charge in [0.1, 0.15) is 17.7 Å². The van der Waals surface area contributed by atoms with Crippen LogP contribution in [0.15, 0.2) is 9.81 Å². The molecule has 0 radical (unpaired) electrons. The molecule has 0 rings (SSSR count). The maximum absolute atomic E-state index is 8.07. The van der Waals surface area contributed by atoms with Crippen LogP contribution in [0.1, 0.15) is 0 Å². The Kier molecular flexibility index (Phi) is 21.6. The van der Waals surface area contributed by atoms with Crippen LogP contribution in [-0.2, 0) is 0 Å². The Bertz CT molecular complexity index is 180. The average molecular weight is 222 g/mol. The molecule has 0 aliphatic heterocycles. The Morgan fingerprint density at radius 1 is 1.00 bits per heavy atom. The number of allylic oxidation sites excluding steroid dienone is 1. The molecular weight excluding hydrogens is 218 g/mol. The van der Waals surface area contributed by atoms with Crippen LogP contribution in [0, 0.1) is 22.7 Å². The zero-order valence-corrected chi connectivity index (χ0v) is 5.58. The van der Waals surface area contributed by atoms with E-state index in [1.807, 2.05) is 0 Å². The Morgan fingerprint density at radius 3 is 1.30 bits per heavy atom. The summed E-state index contributed by atoms with van der Waals surface area (Å²) in [6.45, 7) is 0. The van der Waals surface area contributed by atoms with Crippen molar-refractivity contribution >= 4 is 128 Å². The van der Waals surface area contributed by atoms with Crippen LogP contribution in [0.5, 0.6) is 0 Å². The number of hydrogen-bond donors (Lipinski definition) is 2. The monoisotopic (exact) mass is 222 g/mol. The SMILES string of the molecule is N#CC(C#N)=C(S)S.[KH].[KH]. The second-order valence-electron chi connectivity index (χ2n) is 0.922. The van der Waals surface area contributed by atoms with E-state index in [-0.39, 0.29) is 113 Å². The van der Waals surface area contributed by atoms with Crippen molar-refractivity contribution in [2.45, 2.75) is 0 Å². The van der Waals surface area contributed by atoms with E-state index in [1.54, 1.807) is 12.1 Å². The third kappa shape index (κ3) is 8.79. The normalized spacial score (nSPS) is 5.20. The molecular formula is C4H4K2N2S2. The summed E-state index contributed by atoms with van der Waals surface area (Å²) in [4.78, 5) is 0. The fourth-order valence-electron chi connectivity index (χ4n) is 0.125. The van der Waals surface area contributed by atoms with Gasteiger partial charge in [0.05, 0.1) is 4.24 Å². The number of nitriles is 2. The Morgan fingerprint density at radius 2 is 1.30 bits per heavy atom. The summed E-state index contributed by atoms with van der Waals surface area (Å²) in [6.07, 6.45) is 0. The molecule has 0 aromatic rings. The van der Waals surface area contributed by atoms with Crippen LogP contribution in [0.25, 0.3) is 0 Å². The number of hydrogen-bond acceptors (Lipinski definition) is 4. The van der Waals surface area contributed by atoms with Gasteiger partial charge in [0, 0.05) is 0 Å². The second-order valence-corrected chi connectivity index (χ2v) is 2.17. The molecule has 0 saturated carbocycles. The molecule has 0 spiro atoms. The van der Waals surface area contributed by atoms with E-state index in [0.717, 1.165) is 0 Å². The molecule has 0 saturated heterocycles. The predicted molar refractivity (Wildman–Crippen MR) is 50.5 cm³/mol. The van der Waals surface area contributed by atoms with Gasteiger partial charge in [-0.1, -0.05) is 0 Å². The van der Waals surface area contributed by atoms with Gasteiger partial charge in [-0.3, -0.25) is 0 Å². The summed E-state index contributed by atoms with van der Waals surface area (Å²) in [6, 6.07) is 3.23. The summed E-state index contributed by atoms with van der Waals surface area (Å²) >= 11 is 7.30. The minimum absolute atomic E-state index is 0. The van der Waals surface area contributed by atoms with Crippen LogP contribution in [-0.4, -0.2) is 103 Å². The van der Waals surface area contributed by atoms with E-state index in [9.17, 15) is 0 Å². The van der Waals surface area contributed by atoms with Crippen molar-refractivity contribution in [2.24, 2.45) is 0 Å². The van der Waals surface area contributed by atoms with Gasteiger partial charge in [0.15, 0.2) is 0 Å². The van der Waals surface area contributed by atoms with Crippen molar-refractivity contribution in [2.75, 3.05) is 0 Å². The van der Waals surface area contributed by atoms with Crippen LogP contribution >= 0.6 is 25.3 Å². The van der Waals surface area contributed by atoms with E-state index >= 15 is 0 Å². The Balaban J connectivity index is -0.000000245. The Hall–Kier alpha value is 2.69. The average Bonchev–Trinajstić information content (AvgIpc) is 1.69. The van der Waals surface area contributed by atoms with Gasteiger partial charge in [-0.15, -0.1) is 25.3 Å². The second kappa shape index (κ2) is 11.7. The van der Waals surface area contributed by atoms with Gasteiger partial charge in [-0.2, -0.15) is 10.5 Å². The number of nitrogens with zero attached hydrogens (tertiary/aromatic N) is 2. The molecule has 2 nitrogen and oxygen atoms in total. The van der Waals surface area contributed by atoms with Gasteiger partial charge >= 0.3 is 103 Å². The van der Waals surface area contributed by atoms with Crippen molar-refractivity contribution in [1.82, 2.24) is 0 Å². The molecule has 0 atom stereocenters. The fourth-order valence-corrected chi connectivity index (χ4v) is 0.325. The van der Waals surface area contributed by atoms with Crippen LogP contribution in [0.2, 0.25) is 0 Å². The molecule has 0 aromatic carbocycles. The molecule has 0 aliphatic carbocycles. The van der Waals surface area contributed by atoms with Gasteiger partial charge in [0.2, 0.25) is 0 Å². The maximum atomic E-state index is 8.07. The van der Waals surface area contributed by atoms with Gasteiger partial charge in [-0.05, 0) is 0 Å². The van der Waals surface area contributed by atoms with Gasteiger partial charge < -0.3 is 0 Å². The summed E-state index contributed by atoms with van der Waals surface area (Å²) in [5, 5.41) is 16.1. The first-order valence-electron chi connectivity index (χ1n) is 1.64. The first kappa shape index (κ1) is 18.5. The first-order chi connectivity index (χ1) is 3.72. The standard InChI is InChI=1S/C4H2N2S2.2K.2H/c5-1-3(2-6)4(7)8;;;;/h7-8H;;;;. The molecule has 0 aliphatic rings. The molecule has 44 valence electrons. The van der Waals surface area contributed by atoms with Crippen molar-refractivity contribution in [3.05, 3.63) is 9.81 Å². The van der Waals surface area contributed by atoms with E-state index in [2.05, 4.69) is 25.3 Å². The van der Waals surface area contributed by atoms with Gasteiger partial charge in [0.25, 0.3) is 0 Å². The van der Waals surface area contributed by atoms with Crippen molar-refractivity contribution < 1.29 is 0 Å². The van der Waals surface area contributed by atoms with Crippen LogP contribution in [0.3, 0.4) is 0 Å². The van der Waals surface area contributed by atoms with Crippen molar-refractivity contribution in [3.8, 4) is 12.1 Å². The fraction of sp³-hybridized carbons (Fsp3) is 0. The van der Waals surface area contributed by atoms with E-state index in [0.29, 0.717) is 0 Å².